The lowest BCUT2D eigenvalue weighted by atomic mass is 9.82. The highest BCUT2D eigenvalue weighted by Crippen LogP contribution is 2.33. The Balaban J connectivity index is 2.09. The number of ether oxygens (including phenoxy) is 2. The van der Waals surface area contributed by atoms with Gasteiger partial charge in [0.25, 0.3) is 0 Å². The molecule has 0 radical (unpaired) electrons. The first-order chi connectivity index (χ1) is 11.7. The van der Waals surface area contributed by atoms with Crippen molar-refractivity contribution in [3.05, 3.63) is 11.1 Å². The van der Waals surface area contributed by atoms with Crippen molar-refractivity contribution >= 4 is 5.97 Å². The Morgan fingerprint density at radius 1 is 1.20 bits per heavy atom. The third-order valence-electron chi connectivity index (χ3n) is 4.75. The van der Waals surface area contributed by atoms with Crippen LogP contribution < -0.4 is 0 Å². The van der Waals surface area contributed by atoms with Crippen molar-refractivity contribution in [3.63, 3.8) is 0 Å². The van der Waals surface area contributed by atoms with Crippen LogP contribution in [0.2, 0.25) is 0 Å². The number of carboxylic acid groups (broad SMARTS) is 1. The molecule has 6 atom stereocenters. The van der Waals surface area contributed by atoms with Crippen molar-refractivity contribution in [2.45, 2.75) is 68.9 Å². The van der Waals surface area contributed by atoms with Gasteiger partial charge in [-0.05, 0) is 38.2 Å². The molecule has 0 aromatic heterocycles. The number of aliphatic carboxylic acids is 1. The molecule has 9 nitrogen and oxygen atoms in total. The number of aliphatic hydroxyl groups excluding tert-OH is 4. The highest BCUT2D eigenvalue weighted by atomic mass is 16.7. The summed E-state index contributed by atoms with van der Waals surface area (Å²) in [5.41, 5.74) is -1.06. The molecule has 0 amide bonds. The minimum Gasteiger partial charge on any atom is -0.478 e. The van der Waals surface area contributed by atoms with Gasteiger partial charge in [0.2, 0.25) is 0 Å². The minimum absolute atomic E-state index is 0.161. The molecule has 1 saturated heterocycles. The van der Waals surface area contributed by atoms with Crippen molar-refractivity contribution in [3.8, 4) is 0 Å². The smallest absolute Gasteiger partial charge is 0.331 e. The van der Waals surface area contributed by atoms with Crippen molar-refractivity contribution in [1.29, 1.82) is 0 Å². The van der Waals surface area contributed by atoms with Gasteiger partial charge >= 0.3 is 5.97 Å². The molecular formula is C16H26O9. The molecule has 1 aliphatic carbocycles. The summed E-state index contributed by atoms with van der Waals surface area (Å²) in [6.07, 6.45) is -4.88. The second-order valence-corrected chi connectivity index (χ2v) is 6.75. The molecule has 2 rings (SSSR count). The van der Waals surface area contributed by atoms with Crippen molar-refractivity contribution < 1.29 is 44.9 Å². The lowest BCUT2D eigenvalue weighted by Crippen LogP contribution is -2.59. The largest absolute Gasteiger partial charge is 0.478 e. The molecule has 6 N–H and O–H groups in total. The van der Waals surface area contributed by atoms with Crippen LogP contribution in [-0.2, 0) is 14.3 Å². The first kappa shape index (κ1) is 20.2. The van der Waals surface area contributed by atoms with Crippen LogP contribution in [0.3, 0.4) is 0 Å². The monoisotopic (exact) mass is 362 g/mol. The van der Waals surface area contributed by atoms with Gasteiger partial charge in [-0.3, -0.25) is 0 Å². The molecule has 0 saturated carbocycles. The van der Waals surface area contributed by atoms with Gasteiger partial charge in [0.15, 0.2) is 6.29 Å². The van der Waals surface area contributed by atoms with E-state index < -0.39 is 48.9 Å². The Kier molecular flexibility index (Phi) is 6.55. The Labute approximate surface area is 145 Å². The van der Waals surface area contributed by atoms with Crippen LogP contribution in [0.5, 0.6) is 0 Å². The molecule has 0 aromatic carbocycles. The summed E-state index contributed by atoms with van der Waals surface area (Å²) in [4.78, 5) is 11.4. The fourth-order valence-electron chi connectivity index (χ4n) is 3.27. The van der Waals surface area contributed by atoms with E-state index in [2.05, 4.69) is 0 Å². The van der Waals surface area contributed by atoms with Gasteiger partial charge in [-0.25, -0.2) is 4.79 Å². The van der Waals surface area contributed by atoms with E-state index in [9.17, 15) is 30.3 Å². The molecule has 1 unspecified atom stereocenters. The number of carboxylic acids is 1. The molecule has 1 aliphatic heterocycles. The van der Waals surface area contributed by atoms with Gasteiger partial charge in [-0.15, -0.1) is 0 Å². The van der Waals surface area contributed by atoms with E-state index in [1.165, 1.54) is 6.92 Å². The third-order valence-corrected chi connectivity index (χ3v) is 4.75. The van der Waals surface area contributed by atoms with Gasteiger partial charge in [0.1, 0.15) is 30.0 Å². The van der Waals surface area contributed by atoms with E-state index in [1.807, 2.05) is 0 Å². The SMILES string of the molecule is CC(O)(CO[C@@H]1O[C@H](CO)[C@@H](O)[C@H](O)[C@H]1O)C1=C(C(=O)O)CCCC1. The standard InChI is InChI=1S/C16H26O9/c1-16(23,9-5-3-2-4-8(9)14(21)22)7-24-15-13(20)12(19)11(18)10(6-17)25-15/h10-13,15,17-20,23H,2-7H2,1H3,(H,21,22)/t10-,11-,12+,13-,15-,16?/m1/s1. The summed E-state index contributed by atoms with van der Waals surface area (Å²) in [6, 6.07) is 0. The fraction of sp³-hybridized carbons (Fsp3) is 0.812. The van der Waals surface area contributed by atoms with Crippen LogP contribution in [0.15, 0.2) is 11.1 Å². The number of aliphatic hydroxyl groups is 5. The third kappa shape index (κ3) is 4.37. The first-order valence-corrected chi connectivity index (χ1v) is 8.29. The second kappa shape index (κ2) is 8.09. The Morgan fingerprint density at radius 2 is 1.84 bits per heavy atom. The highest BCUT2D eigenvalue weighted by molar-refractivity contribution is 5.88. The van der Waals surface area contributed by atoms with Gasteiger partial charge in [-0.1, -0.05) is 0 Å². The molecule has 0 spiro atoms. The number of rotatable bonds is 6. The molecular weight excluding hydrogens is 336 g/mol. The summed E-state index contributed by atoms with van der Waals surface area (Å²) >= 11 is 0. The number of carbonyl (C=O) groups is 1. The van der Waals surface area contributed by atoms with Crippen LogP contribution in [0.4, 0.5) is 0 Å². The Hall–Kier alpha value is -1.07. The number of hydrogen-bond donors (Lipinski definition) is 6. The molecule has 0 aromatic rings. The zero-order chi connectivity index (χ0) is 18.8. The normalized spacial score (nSPS) is 36.2. The molecule has 144 valence electrons. The van der Waals surface area contributed by atoms with Crippen LogP contribution in [0, 0.1) is 0 Å². The lowest BCUT2D eigenvalue weighted by molar-refractivity contribution is -0.306. The second-order valence-electron chi connectivity index (χ2n) is 6.75. The van der Waals surface area contributed by atoms with Gasteiger partial charge < -0.3 is 40.1 Å². The van der Waals surface area contributed by atoms with E-state index in [0.29, 0.717) is 18.4 Å². The summed E-state index contributed by atoms with van der Waals surface area (Å²) < 4.78 is 10.6. The van der Waals surface area contributed by atoms with E-state index in [-0.39, 0.29) is 12.2 Å². The predicted octanol–water partition coefficient (Wildman–Crippen LogP) is -1.49. The molecule has 2 aliphatic rings. The maximum Gasteiger partial charge on any atom is 0.331 e. The lowest BCUT2D eigenvalue weighted by Gasteiger charge is -2.41. The summed E-state index contributed by atoms with van der Waals surface area (Å²) in [6.45, 7) is 0.456. The fourth-order valence-corrected chi connectivity index (χ4v) is 3.27. The van der Waals surface area contributed by atoms with E-state index in [0.717, 1.165) is 12.8 Å². The molecule has 25 heavy (non-hydrogen) atoms. The maximum atomic E-state index is 11.4. The molecule has 1 heterocycles. The Morgan fingerprint density at radius 3 is 2.44 bits per heavy atom. The minimum atomic E-state index is -1.59. The van der Waals surface area contributed by atoms with Gasteiger partial charge in [0.05, 0.1) is 13.2 Å². The van der Waals surface area contributed by atoms with E-state index in [1.54, 1.807) is 0 Å². The van der Waals surface area contributed by atoms with E-state index >= 15 is 0 Å². The van der Waals surface area contributed by atoms with Crippen LogP contribution in [-0.4, -0.2) is 86.1 Å². The van der Waals surface area contributed by atoms with Crippen molar-refractivity contribution in [1.82, 2.24) is 0 Å². The zero-order valence-corrected chi connectivity index (χ0v) is 14.0. The maximum absolute atomic E-state index is 11.4. The zero-order valence-electron chi connectivity index (χ0n) is 14.0. The quantitative estimate of drug-likeness (QED) is 0.331. The number of hydrogen-bond acceptors (Lipinski definition) is 8. The average molecular weight is 362 g/mol. The average Bonchev–Trinajstić information content (AvgIpc) is 2.59. The highest BCUT2D eigenvalue weighted by Gasteiger charge is 2.45. The first-order valence-electron chi connectivity index (χ1n) is 8.29. The summed E-state index contributed by atoms with van der Waals surface area (Å²) in [7, 11) is 0. The van der Waals surface area contributed by atoms with Gasteiger partial charge in [0, 0.05) is 5.57 Å². The summed E-state index contributed by atoms with van der Waals surface area (Å²) in [5, 5.41) is 58.5. The van der Waals surface area contributed by atoms with Crippen molar-refractivity contribution in [2.24, 2.45) is 0 Å². The molecule has 9 heteroatoms. The Bertz CT molecular complexity index is 514. The van der Waals surface area contributed by atoms with Crippen LogP contribution >= 0.6 is 0 Å². The van der Waals surface area contributed by atoms with Gasteiger partial charge in [-0.2, -0.15) is 0 Å². The topological polar surface area (TPSA) is 157 Å². The van der Waals surface area contributed by atoms with E-state index in [4.69, 9.17) is 14.6 Å². The van der Waals surface area contributed by atoms with Crippen LogP contribution in [0.25, 0.3) is 0 Å². The summed E-state index contributed by atoms with van der Waals surface area (Å²) in [5.74, 6) is -1.08. The van der Waals surface area contributed by atoms with Crippen LogP contribution in [0.1, 0.15) is 32.6 Å². The predicted molar refractivity (Wildman–Crippen MR) is 83.5 cm³/mol. The molecule has 1 fully saturated rings. The molecule has 0 bridgehead atoms. The van der Waals surface area contributed by atoms with Crippen molar-refractivity contribution in [2.75, 3.05) is 13.2 Å².